The van der Waals surface area contributed by atoms with Gasteiger partial charge in [0.05, 0.1) is 11.6 Å². The molecule has 2 nitrogen and oxygen atoms in total. The number of nitriles is 1. The second kappa shape index (κ2) is 3.40. The molecule has 0 aliphatic carbocycles. The number of hydrogen-bond acceptors (Lipinski definition) is 2. The van der Waals surface area contributed by atoms with Crippen LogP contribution < -0.4 is 4.57 Å². The third-order valence-corrected chi connectivity index (χ3v) is 2.27. The van der Waals surface area contributed by atoms with Gasteiger partial charge >= 0.3 is 0 Å². The fourth-order valence-corrected chi connectivity index (χ4v) is 1.41. The van der Waals surface area contributed by atoms with Crippen molar-refractivity contribution in [3.63, 3.8) is 0 Å². The highest BCUT2D eigenvalue weighted by Gasteiger charge is 2.04. The minimum Gasteiger partial charge on any atom is -0.196 e. The van der Waals surface area contributed by atoms with Gasteiger partial charge in [0, 0.05) is 12.1 Å². The van der Waals surface area contributed by atoms with Crippen LogP contribution in [0, 0.1) is 11.3 Å². The molecular weight excluding hydrogens is 156 g/mol. The first-order chi connectivity index (χ1) is 5.27. The number of hydrogen-bond donors (Lipinski definition) is 0. The van der Waals surface area contributed by atoms with Gasteiger partial charge in [-0.25, -0.2) is 0 Å². The minimum atomic E-state index is 0.715. The van der Waals surface area contributed by atoms with E-state index in [0.717, 1.165) is 5.03 Å². The predicted molar refractivity (Wildman–Crippen MR) is 44.1 cm³/mol. The minimum absolute atomic E-state index is 0.715. The molecule has 0 fully saturated rings. The smallest absolute Gasteiger partial charge is 0.196 e. The maximum atomic E-state index is 8.58. The van der Waals surface area contributed by atoms with Crippen molar-refractivity contribution < 1.29 is 4.57 Å². The lowest BCUT2D eigenvalue weighted by Crippen LogP contribution is -2.29. The van der Waals surface area contributed by atoms with E-state index in [2.05, 4.69) is 6.07 Å². The van der Waals surface area contributed by atoms with Crippen LogP contribution in [0.25, 0.3) is 0 Å². The number of aryl methyl sites for hydroxylation is 1. The zero-order valence-corrected chi connectivity index (χ0v) is 7.35. The Morgan fingerprint density at radius 1 is 1.64 bits per heavy atom. The number of rotatable bonds is 1. The quantitative estimate of drug-likeness (QED) is 0.460. The summed E-state index contributed by atoms with van der Waals surface area (Å²) in [6.45, 7) is 0. The van der Waals surface area contributed by atoms with Crippen molar-refractivity contribution in [2.24, 2.45) is 7.05 Å². The molecule has 0 aliphatic rings. The van der Waals surface area contributed by atoms with Gasteiger partial charge in [-0.05, 0) is 6.26 Å². The van der Waals surface area contributed by atoms with E-state index >= 15 is 0 Å². The van der Waals surface area contributed by atoms with Gasteiger partial charge in [0.25, 0.3) is 0 Å². The lowest BCUT2D eigenvalue weighted by Gasteiger charge is -1.93. The largest absolute Gasteiger partial charge is 0.240 e. The van der Waals surface area contributed by atoms with Gasteiger partial charge in [-0.1, -0.05) is 11.8 Å². The maximum Gasteiger partial charge on any atom is 0.240 e. The fourth-order valence-electron chi connectivity index (χ4n) is 0.821. The summed E-state index contributed by atoms with van der Waals surface area (Å²) in [6, 6.07) is 5.79. The zero-order valence-electron chi connectivity index (χ0n) is 6.53. The van der Waals surface area contributed by atoms with E-state index in [-0.39, 0.29) is 0 Å². The highest BCUT2D eigenvalue weighted by atomic mass is 32.2. The summed E-state index contributed by atoms with van der Waals surface area (Å²) in [5.74, 6) is 0. The summed E-state index contributed by atoms with van der Waals surface area (Å²) in [5.41, 5.74) is 0.715. The molecule has 1 aromatic heterocycles. The van der Waals surface area contributed by atoms with Gasteiger partial charge in [-0.3, -0.25) is 0 Å². The van der Waals surface area contributed by atoms with Gasteiger partial charge in [0.2, 0.25) is 5.03 Å². The molecule has 0 aliphatic heterocycles. The Morgan fingerprint density at radius 3 is 2.91 bits per heavy atom. The topological polar surface area (TPSA) is 27.7 Å². The van der Waals surface area contributed by atoms with E-state index in [4.69, 9.17) is 5.26 Å². The summed E-state index contributed by atoms with van der Waals surface area (Å²) in [7, 11) is 1.97. The molecule has 0 unspecified atom stereocenters. The van der Waals surface area contributed by atoms with Gasteiger partial charge in [0.1, 0.15) is 7.05 Å². The van der Waals surface area contributed by atoms with Gasteiger partial charge in [-0.2, -0.15) is 9.83 Å². The third kappa shape index (κ3) is 1.72. The molecule has 0 saturated heterocycles. The first kappa shape index (κ1) is 8.09. The SMILES string of the molecule is CSc1cc(C#N)cc[n+]1C. The average Bonchev–Trinajstić information content (AvgIpc) is 2.05. The Morgan fingerprint density at radius 2 is 2.36 bits per heavy atom. The summed E-state index contributed by atoms with van der Waals surface area (Å²) in [6.07, 6.45) is 3.89. The molecule has 0 bridgehead atoms. The van der Waals surface area contributed by atoms with Crippen LogP contribution in [0.4, 0.5) is 0 Å². The molecule has 0 aromatic carbocycles. The highest BCUT2D eigenvalue weighted by molar-refractivity contribution is 7.98. The average molecular weight is 165 g/mol. The predicted octanol–water partition coefficient (Wildman–Crippen LogP) is 1.10. The van der Waals surface area contributed by atoms with Gasteiger partial charge in [-0.15, -0.1) is 0 Å². The molecule has 0 radical (unpaired) electrons. The van der Waals surface area contributed by atoms with Gasteiger partial charge in [0.15, 0.2) is 6.20 Å². The van der Waals surface area contributed by atoms with Crippen molar-refractivity contribution in [3.8, 4) is 6.07 Å². The Hall–Kier alpha value is -1.01. The van der Waals surface area contributed by atoms with Gasteiger partial charge < -0.3 is 0 Å². The van der Waals surface area contributed by atoms with Crippen molar-refractivity contribution in [3.05, 3.63) is 23.9 Å². The molecule has 0 spiro atoms. The molecule has 1 aromatic rings. The lowest BCUT2D eigenvalue weighted by atomic mass is 10.3. The number of pyridine rings is 1. The molecule has 0 saturated carbocycles. The first-order valence-corrected chi connectivity index (χ1v) is 4.44. The van der Waals surface area contributed by atoms with E-state index < -0.39 is 0 Å². The van der Waals surface area contributed by atoms with E-state index in [1.165, 1.54) is 0 Å². The molecule has 11 heavy (non-hydrogen) atoms. The van der Waals surface area contributed by atoms with Crippen molar-refractivity contribution in [2.45, 2.75) is 5.03 Å². The Labute approximate surface area is 70.5 Å². The fraction of sp³-hybridized carbons (Fsp3) is 0.250. The number of aromatic nitrogens is 1. The van der Waals surface area contributed by atoms with E-state index in [0.29, 0.717) is 5.56 Å². The van der Waals surface area contributed by atoms with Crippen molar-refractivity contribution in [2.75, 3.05) is 6.26 Å². The maximum absolute atomic E-state index is 8.58. The normalized spacial score (nSPS) is 9.18. The lowest BCUT2D eigenvalue weighted by molar-refractivity contribution is -0.708. The molecule has 56 valence electrons. The zero-order chi connectivity index (χ0) is 8.27. The number of nitrogens with zero attached hydrogens (tertiary/aromatic N) is 2. The summed E-state index contributed by atoms with van der Waals surface area (Å²) in [4.78, 5) is 0. The Bertz CT molecular complexity index is 301. The monoisotopic (exact) mass is 165 g/mol. The number of thioether (sulfide) groups is 1. The first-order valence-electron chi connectivity index (χ1n) is 3.21. The van der Waals surface area contributed by atoms with Crippen molar-refractivity contribution in [1.82, 2.24) is 0 Å². The van der Waals surface area contributed by atoms with Crippen molar-refractivity contribution >= 4 is 11.8 Å². The van der Waals surface area contributed by atoms with Crippen LogP contribution >= 0.6 is 11.8 Å². The van der Waals surface area contributed by atoms with Crippen LogP contribution in [-0.4, -0.2) is 6.26 Å². The summed E-state index contributed by atoms with van der Waals surface area (Å²) < 4.78 is 1.99. The molecule has 1 rings (SSSR count). The highest BCUT2D eigenvalue weighted by Crippen LogP contribution is 2.09. The van der Waals surface area contributed by atoms with E-state index in [1.807, 2.05) is 30.1 Å². The Balaban J connectivity index is 3.15. The second-order valence-electron chi connectivity index (χ2n) is 2.18. The van der Waals surface area contributed by atoms with Crippen LogP contribution in [0.5, 0.6) is 0 Å². The second-order valence-corrected chi connectivity index (χ2v) is 3.01. The Kier molecular flexibility index (Phi) is 2.50. The molecule has 0 amide bonds. The molecule has 0 N–H and O–H groups in total. The summed E-state index contributed by atoms with van der Waals surface area (Å²) >= 11 is 1.64. The van der Waals surface area contributed by atoms with Crippen LogP contribution in [0.3, 0.4) is 0 Å². The van der Waals surface area contributed by atoms with Crippen LogP contribution in [0.15, 0.2) is 23.4 Å². The third-order valence-electron chi connectivity index (χ3n) is 1.44. The molecule has 1 heterocycles. The standard InChI is InChI=1S/C8H9N2S/c1-10-4-3-7(6-9)5-8(10)11-2/h3-5H,1-2H3/q+1. The van der Waals surface area contributed by atoms with Crippen molar-refractivity contribution in [1.29, 1.82) is 5.26 Å². The molecular formula is C8H9N2S+. The van der Waals surface area contributed by atoms with E-state index in [9.17, 15) is 0 Å². The molecule has 0 atom stereocenters. The van der Waals surface area contributed by atoms with Crippen LogP contribution in [0.2, 0.25) is 0 Å². The van der Waals surface area contributed by atoms with Crippen LogP contribution in [-0.2, 0) is 7.05 Å². The summed E-state index contributed by atoms with van der Waals surface area (Å²) in [5, 5.41) is 9.68. The van der Waals surface area contributed by atoms with Crippen LogP contribution in [0.1, 0.15) is 5.56 Å². The van der Waals surface area contributed by atoms with E-state index in [1.54, 1.807) is 17.8 Å². The molecule has 3 heteroatoms.